The van der Waals surface area contributed by atoms with E-state index in [0.29, 0.717) is 5.56 Å². The van der Waals surface area contributed by atoms with Crippen LogP contribution in [0.3, 0.4) is 0 Å². The molecule has 1 aromatic rings. The van der Waals surface area contributed by atoms with Gasteiger partial charge in [0.1, 0.15) is 5.54 Å². The molecule has 4 atom stereocenters. The molecule has 0 spiro atoms. The molecular weight excluding hydrogens is 502 g/mol. The third-order valence-corrected chi connectivity index (χ3v) is 7.01. The molecule has 3 unspecified atom stereocenters. The standard InChI is InChI=1S/C30H47NO8/c1-8-20(4)15-26(32)37-14-13-30(31,29(35)36-7)19-23-11-12-24(38-27(33)16-21(5)9-2)25(18-23)39-28(34)17-22(6)10-3/h11-12,18,20-22H,8-10,13-17,19,31H2,1-7H3/t20?,21?,22?,30-/m1/s1. The van der Waals surface area contributed by atoms with E-state index in [4.69, 9.17) is 24.7 Å². The summed E-state index contributed by atoms with van der Waals surface area (Å²) < 4.78 is 21.4. The molecule has 2 N–H and O–H groups in total. The monoisotopic (exact) mass is 549 g/mol. The van der Waals surface area contributed by atoms with E-state index in [0.717, 1.165) is 19.3 Å². The van der Waals surface area contributed by atoms with Crippen molar-refractivity contribution in [1.82, 2.24) is 0 Å². The molecule has 0 saturated heterocycles. The molecule has 0 aliphatic rings. The molecule has 0 heterocycles. The molecule has 9 heteroatoms. The Labute approximate surface area is 233 Å². The van der Waals surface area contributed by atoms with Crippen LogP contribution in [-0.2, 0) is 35.1 Å². The van der Waals surface area contributed by atoms with Crippen LogP contribution in [0.2, 0.25) is 0 Å². The minimum absolute atomic E-state index is 0.0135. The maximum atomic E-state index is 12.7. The maximum absolute atomic E-state index is 12.7. The van der Waals surface area contributed by atoms with Crippen molar-refractivity contribution >= 4 is 23.9 Å². The summed E-state index contributed by atoms with van der Waals surface area (Å²) in [6, 6.07) is 4.72. The predicted molar refractivity (Wildman–Crippen MR) is 148 cm³/mol. The Morgan fingerprint density at radius 3 is 1.77 bits per heavy atom. The number of hydrogen-bond donors (Lipinski definition) is 1. The first-order valence-corrected chi connectivity index (χ1v) is 13.9. The van der Waals surface area contributed by atoms with E-state index >= 15 is 0 Å². The van der Waals surface area contributed by atoms with Crippen molar-refractivity contribution < 1.29 is 38.1 Å². The van der Waals surface area contributed by atoms with E-state index < -0.39 is 23.4 Å². The average Bonchev–Trinajstić information content (AvgIpc) is 2.89. The van der Waals surface area contributed by atoms with Crippen molar-refractivity contribution in [3.8, 4) is 11.5 Å². The van der Waals surface area contributed by atoms with Gasteiger partial charge < -0.3 is 24.7 Å². The van der Waals surface area contributed by atoms with Crippen LogP contribution in [0, 0.1) is 17.8 Å². The van der Waals surface area contributed by atoms with Crippen molar-refractivity contribution in [1.29, 1.82) is 0 Å². The Hall–Kier alpha value is -2.94. The van der Waals surface area contributed by atoms with Crippen LogP contribution in [0.25, 0.3) is 0 Å². The highest BCUT2D eigenvalue weighted by molar-refractivity contribution is 5.81. The smallest absolute Gasteiger partial charge is 0.326 e. The Morgan fingerprint density at radius 2 is 1.28 bits per heavy atom. The van der Waals surface area contributed by atoms with Crippen LogP contribution in [0.1, 0.15) is 92.1 Å². The molecule has 1 rings (SSSR count). The van der Waals surface area contributed by atoms with E-state index in [1.807, 2.05) is 41.5 Å². The minimum Gasteiger partial charge on any atom is -0.468 e. The summed E-state index contributed by atoms with van der Waals surface area (Å²) in [7, 11) is 1.24. The molecule has 0 saturated carbocycles. The molecule has 0 radical (unpaired) electrons. The van der Waals surface area contributed by atoms with Gasteiger partial charge in [0, 0.05) is 32.1 Å². The van der Waals surface area contributed by atoms with Gasteiger partial charge in [0.15, 0.2) is 11.5 Å². The average molecular weight is 550 g/mol. The van der Waals surface area contributed by atoms with Crippen molar-refractivity contribution in [3.05, 3.63) is 23.8 Å². The lowest BCUT2D eigenvalue weighted by Gasteiger charge is -2.27. The third kappa shape index (κ3) is 12.2. The molecule has 220 valence electrons. The zero-order valence-electron chi connectivity index (χ0n) is 24.7. The van der Waals surface area contributed by atoms with E-state index in [9.17, 15) is 19.2 Å². The molecule has 39 heavy (non-hydrogen) atoms. The quantitative estimate of drug-likeness (QED) is 0.207. The van der Waals surface area contributed by atoms with Crippen molar-refractivity contribution in [2.75, 3.05) is 13.7 Å². The van der Waals surface area contributed by atoms with Crippen LogP contribution >= 0.6 is 0 Å². The Morgan fingerprint density at radius 1 is 0.795 bits per heavy atom. The Kier molecular flexibility index (Phi) is 14.8. The highest BCUT2D eigenvalue weighted by Gasteiger charge is 2.36. The highest BCUT2D eigenvalue weighted by Crippen LogP contribution is 2.32. The highest BCUT2D eigenvalue weighted by atomic mass is 16.6. The topological polar surface area (TPSA) is 131 Å². The fourth-order valence-corrected chi connectivity index (χ4v) is 3.68. The van der Waals surface area contributed by atoms with Gasteiger partial charge in [-0.2, -0.15) is 0 Å². The van der Waals surface area contributed by atoms with Crippen LogP contribution in [0.15, 0.2) is 18.2 Å². The van der Waals surface area contributed by atoms with Crippen LogP contribution < -0.4 is 15.2 Å². The summed E-state index contributed by atoms with van der Waals surface area (Å²) in [6.07, 6.45) is 3.24. The van der Waals surface area contributed by atoms with Crippen LogP contribution in [-0.4, -0.2) is 43.1 Å². The summed E-state index contributed by atoms with van der Waals surface area (Å²) in [5.41, 5.74) is 5.52. The number of ether oxygens (including phenoxy) is 4. The van der Waals surface area contributed by atoms with Gasteiger partial charge in [-0.05, 0) is 35.4 Å². The largest absolute Gasteiger partial charge is 0.468 e. The zero-order valence-corrected chi connectivity index (χ0v) is 24.7. The molecular formula is C30H47NO8. The number of methoxy groups -OCH3 is 1. The molecule has 0 bridgehead atoms. The second-order valence-corrected chi connectivity index (χ2v) is 10.7. The Bertz CT molecular complexity index is 962. The predicted octanol–water partition coefficient (Wildman–Crippen LogP) is 5.15. The van der Waals surface area contributed by atoms with Gasteiger partial charge >= 0.3 is 23.9 Å². The number of carbonyl (C=O) groups is 4. The molecule has 0 aliphatic heterocycles. The van der Waals surface area contributed by atoms with Crippen molar-refractivity contribution in [3.63, 3.8) is 0 Å². The van der Waals surface area contributed by atoms with Gasteiger partial charge in [0.25, 0.3) is 0 Å². The van der Waals surface area contributed by atoms with Gasteiger partial charge in [0.05, 0.1) is 13.7 Å². The van der Waals surface area contributed by atoms with E-state index in [1.54, 1.807) is 12.1 Å². The first-order valence-electron chi connectivity index (χ1n) is 13.9. The fourth-order valence-electron chi connectivity index (χ4n) is 3.68. The van der Waals surface area contributed by atoms with Gasteiger partial charge in [-0.3, -0.25) is 19.2 Å². The normalized spacial score (nSPS) is 14.9. The van der Waals surface area contributed by atoms with Crippen LogP contribution in [0.5, 0.6) is 11.5 Å². The number of esters is 4. The van der Waals surface area contributed by atoms with E-state index in [1.165, 1.54) is 13.2 Å². The van der Waals surface area contributed by atoms with Gasteiger partial charge in [0.2, 0.25) is 0 Å². The van der Waals surface area contributed by atoms with Crippen LogP contribution in [0.4, 0.5) is 0 Å². The summed E-state index contributed by atoms with van der Waals surface area (Å²) in [4.78, 5) is 49.8. The first kappa shape index (κ1) is 34.1. The number of rotatable bonds is 17. The van der Waals surface area contributed by atoms with E-state index in [-0.39, 0.29) is 73.9 Å². The van der Waals surface area contributed by atoms with Crippen molar-refractivity contribution in [2.24, 2.45) is 23.5 Å². The SMILES string of the molecule is CCC(C)CC(=O)OCC[C@@](N)(Cc1ccc(OC(=O)CC(C)CC)c(OC(=O)CC(C)CC)c1)C(=O)OC. The summed E-state index contributed by atoms with van der Waals surface area (Å²) in [6.45, 7) is 11.8. The first-order chi connectivity index (χ1) is 18.4. The lowest BCUT2D eigenvalue weighted by atomic mass is 9.88. The molecule has 0 aliphatic carbocycles. The molecule has 1 aromatic carbocycles. The lowest BCUT2D eigenvalue weighted by molar-refractivity contribution is -0.151. The second-order valence-electron chi connectivity index (χ2n) is 10.7. The number of carbonyl (C=O) groups excluding carboxylic acids is 4. The van der Waals surface area contributed by atoms with E-state index in [2.05, 4.69) is 0 Å². The van der Waals surface area contributed by atoms with Gasteiger partial charge in [-0.15, -0.1) is 0 Å². The minimum atomic E-state index is -1.50. The Balaban J connectivity index is 3.16. The zero-order chi connectivity index (χ0) is 29.6. The lowest BCUT2D eigenvalue weighted by Crippen LogP contribution is -2.51. The number of nitrogens with two attached hydrogens (primary N) is 1. The summed E-state index contributed by atoms with van der Waals surface area (Å²) in [5, 5.41) is 0. The fraction of sp³-hybridized carbons (Fsp3) is 0.667. The van der Waals surface area contributed by atoms with Gasteiger partial charge in [-0.25, -0.2) is 0 Å². The summed E-state index contributed by atoms with van der Waals surface area (Å²) >= 11 is 0. The number of hydrogen-bond acceptors (Lipinski definition) is 9. The van der Waals surface area contributed by atoms with Crippen molar-refractivity contribution in [2.45, 2.75) is 98.4 Å². The number of benzene rings is 1. The molecule has 0 amide bonds. The maximum Gasteiger partial charge on any atom is 0.326 e. The molecule has 0 fully saturated rings. The molecule has 0 aromatic heterocycles. The molecule has 9 nitrogen and oxygen atoms in total. The summed E-state index contributed by atoms with van der Waals surface area (Å²) in [5.74, 6) is -1.26. The van der Waals surface area contributed by atoms with Gasteiger partial charge in [-0.1, -0.05) is 66.9 Å². The second kappa shape index (κ2) is 16.9. The third-order valence-electron chi connectivity index (χ3n) is 7.01.